The molecule has 0 atom stereocenters. The molecule has 0 aliphatic carbocycles. The Bertz CT molecular complexity index is 532. The number of hydrogen-bond acceptors (Lipinski definition) is 4. The monoisotopic (exact) mass is 338 g/mol. The minimum Gasteiger partial charge on any atom is -0.348 e. The maximum absolute atomic E-state index is 12.4. The van der Waals surface area contributed by atoms with Gasteiger partial charge in [-0.25, -0.2) is 4.79 Å². The molecule has 128 valence electrons. The Kier molecular flexibility index (Phi) is 5.24. The summed E-state index contributed by atoms with van der Waals surface area (Å²) in [5, 5.41) is 5.15. The predicted molar refractivity (Wildman–Crippen MR) is 90.5 cm³/mol. The van der Waals surface area contributed by atoms with Crippen LogP contribution in [0.25, 0.3) is 0 Å². The Morgan fingerprint density at radius 2 is 2.09 bits per heavy atom. The van der Waals surface area contributed by atoms with Crippen LogP contribution in [0.1, 0.15) is 37.1 Å². The van der Waals surface area contributed by atoms with Crippen LogP contribution in [-0.2, 0) is 22.4 Å². The van der Waals surface area contributed by atoms with Crippen LogP contribution in [0, 0.1) is 5.92 Å². The normalized spacial score (nSPS) is 21.6. The molecule has 1 aromatic rings. The molecule has 2 aliphatic heterocycles. The Morgan fingerprint density at radius 3 is 2.74 bits per heavy atom. The van der Waals surface area contributed by atoms with Gasteiger partial charge in [0.1, 0.15) is 0 Å². The Labute approximate surface area is 142 Å². The lowest BCUT2D eigenvalue weighted by Crippen LogP contribution is -2.48. The van der Waals surface area contributed by atoms with Crippen LogP contribution in [0.3, 0.4) is 0 Å². The summed E-state index contributed by atoms with van der Waals surface area (Å²) in [6.45, 7) is 7.70. The largest absolute Gasteiger partial charge is 0.348 e. The third kappa shape index (κ3) is 3.70. The maximum atomic E-state index is 12.4. The van der Waals surface area contributed by atoms with E-state index in [-0.39, 0.29) is 6.03 Å². The molecule has 2 aliphatic rings. The number of nitrogens with zero attached hydrogens (tertiary/aromatic N) is 1. The van der Waals surface area contributed by atoms with Crippen LogP contribution in [-0.4, -0.2) is 43.0 Å². The molecule has 0 aromatic carbocycles. The lowest BCUT2D eigenvalue weighted by Gasteiger charge is -2.38. The molecule has 5 nitrogen and oxygen atoms in total. The van der Waals surface area contributed by atoms with Gasteiger partial charge in [-0.3, -0.25) is 0 Å². The number of ether oxygens (including phenoxy) is 2. The van der Waals surface area contributed by atoms with E-state index in [0.717, 1.165) is 32.4 Å². The van der Waals surface area contributed by atoms with Gasteiger partial charge in [0.25, 0.3) is 0 Å². The number of rotatable bonds is 4. The highest BCUT2D eigenvalue weighted by Gasteiger charge is 2.41. The van der Waals surface area contributed by atoms with Crippen LogP contribution in [0.15, 0.2) is 11.4 Å². The quantitative estimate of drug-likeness (QED) is 0.918. The van der Waals surface area contributed by atoms with Crippen molar-refractivity contribution in [3.63, 3.8) is 0 Å². The molecule has 2 saturated heterocycles. The highest BCUT2D eigenvalue weighted by atomic mass is 32.1. The predicted octanol–water partition coefficient (Wildman–Crippen LogP) is 3.00. The number of piperidine rings is 1. The second-order valence-electron chi connectivity index (χ2n) is 6.36. The molecule has 6 heteroatoms. The summed E-state index contributed by atoms with van der Waals surface area (Å²) >= 11 is 1.71. The standard InChI is InChI=1S/C17H26N2O3S/c1-3-13-6-11-23-15(13)12-18-16(20)19-7-4-14(5-8-19)17(2)21-9-10-22-17/h6,11,14H,3-5,7-10,12H2,1-2H3,(H,18,20). The first-order valence-electron chi connectivity index (χ1n) is 8.48. The van der Waals surface area contributed by atoms with Crippen molar-refractivity contribution in [2.75, 3.05) is 26.3 Å². The van der Waals surface area contributed by atoms with Gasteiger partial charge >= 0.3 is 6.03 Å². The number of amides is 2. The van der Waals surface area contributed by atoms with Gasteiger partial charge in [0.15, 0.2) is 5.79 Å². The molecule has 0 bridgehead atoms. The molecule has 0 radical (unpaired) electrons. The topological polar surface area (TPSA) is 50.8 Å². The van der Waals surface area contributed by atoms with E-state index in [4.69, 9.17) is 9.47 Å². The zero-order valence-electron chi connectivity index (χ0n) is 14.0. The second-order valence-corrected chi connectivity index (χ2v) is 7.36. The van der Waals surface area contributed by atoms with Crippen LogP contribution in [0.4, 0.5) is 4.79 Å². The van der Waals surface area contributed by atoms with Crippen molar-refractivity contribution in [2.24, 2.45) is 5.92 Å². The lowest BCUT2D eigenvalue weighted by molar-refractivity contribution is -0.189. The van der Waals surface area contributed by atoms with Crippen molar-refractivity contribution in [1.29, 1.82) is 0 Å². The first-order chi connectivity index (χ1) is 11.1. The second kappa shape index (κ2) is 7.20. The summed E-state index contributed by atoms with van der Waals surface area (Å²) in [5.74, 6) is -0.0757. The van der Waals surface area contributed by atoms with E-state index in [1.54, 1.807) is 11.3 Å². The van der Waals surface area contributed by atoms with Crippen LogP contribution < -0.4 is 5.32 Å². The van der Waals surface area contributed by atoms with E-state index in [9.17, 15) is 4.79 Å². The zero-order valence-corrected chi connectivity index (χ0v) is 14.8. The maximum Gasteiger partial charge on any atom is 0.317 e. The first-order valence-corrected chi connectivity index (χ1v) is 9.36. The third-order valence-electron chi connectivity index (χ3n) is 5.00. The van der Waals surface area contributed by atoms with Gasteiger partial charge in [-0.15, -0.1) is 11.3 Å². The molecule has 3 heterocycles. The average Bonchev–Trinajstić information content (AvgIpc) is 3.22. The molecule has 1 N–H and O–H groups in total. The smallest absolute Gasteiger partial charge is 0.317 e. The molecule has 0 saturated carbocycles. The molecule has 3 rings (SSSR count). The number of aryl methyl sites for hydroxylation is 1. The van der Waals surface area contributed by atoms with E-state index in [1.807, 2.05) is 11.8 Å². The first kappa shape index (κ1) is 16.7. The highest BCUT2D eigenvalue weighted by Crippen LogP contribution is 2.34. The van der Waals surface area contributed by atoms with Crippen molar-refractivity contribution in [2.45, 2.75) is 45.4 Å². The van der Waals surface area contributed by atoms with E-state index >= 15 is 0 Å². The van der Waals surface area contributed by atoms with Crippen molar-refractivity contribution in [3.8, 4) is 0 Å². The summed E-state index contributed by atoms with van der Waals surface area (Å²) in [6.07, 6.45) is 2.88. The number of nitrogens with one attached hydrogen (secondary N) is 1. The summed E-state index contributed by atoms with van der Waals surface area (Å²) in [6, 6.07) is 2.18. The lowest BCUT2D eigenvalue weighted by atomic mass is 9.89. The molecular weight excluding hydrogens is 312 g/mol. The van der Waals surface area contributed by atoms with Gasteiger partial charge in [-0.05, 0) is 43.2 Å². The van der Waals surface area contributed by atoms with Gasteiger partial charge in [-0.1, -0.05) is 6.92 Å². The third-order valence-corrected chi connectivity index (χ3v) is 5.97. The Hall–Kier alpha value is -1.11. The van der Waals surface area contributed by atoms with Crippen LogP contribution in [0.5, 0.6) is 0 Å². The van der Waals surface area contributed by atoms with Crippen LogP contribution in [0.2, 0.25) is 0 Å². The molecule has 0 unspecified atom stereocenters. The van der Waals surface area contributed by atoms with Crippen molar-refractivity contribution in [3.05, 3.63) is 21.9 Å². The number of carbonyl (C=O) groups is 1. The minimum atomic E-state index is -0.449. The van der Waals surface area contributed by atoms with Gasteiger partial charge < -0.3 is 19.7 Å². The number of carbonyl (C=O) groups excluding carboxylic acids is 1. The fourth-order valence-corrected chi connectivity index (χ4v) is 4.39. The van der Waals surface area contributed by atoms with Crippen molar-refractivity contribution >= 4 is 17.4 Å². The SMILES string of the molecule is CCc1ccsc1CNC(=O)N1CCC(C2(C)OCCO2)CC1. The van der Waals surface area contributed by atoms with Gasteiger partial charge in [0.05, 0.1) is 19.8 Å². The fraction of sp³-hybridized carbons (Fsp3) is 0.706. The zero-order chi connectivity index (χ0) is 16.3. The van der Waals surface area contributed by atoms with Gasteiger partial charge in [0, 0.05) is 23.9 Å². The minimum absolute atomic E-state index is 0.0392. The van der Waals surface area contributed by atoms with E-state index in [1.165, 1.54) is 10.4 Å². The number of thiophene rings is 1. The Morgan fingerprint density at radius 1 is 1.39 bits per heavy atom. The molecule has 2 fully saturated rings. The molecule has 2 amide bonds. The fourth-order valence-electron chi connectivity index (χ4n) is 3.48. The molecule has 0 spiro atoms. The number of urea groups is 1. The van der Waals surface area contributed by atoms with Crippen molar-refractivity contribution < 1.29 is 14.3 Å². The van der Waals surface area contributed by atoms with Gasteiger partial charge in [-0.2, -0.15) is 0 Å². The number of hydrogen-bond donors (Lipinski definition) is 1. The molecule has 1 aromatic heterocycles. The van der Waals surface area contributed by atoms with E-state index in [2.05, 4.69) is 23.7 Å². The summed E-state index contributed by atoms with van der Waals surface area (Å²) in [5.41, 5.74) is 1.33. The molecular formula is C17H26N2O3S. The summed E-state index contributed by atoms with van der Waals surface area (Å²) < 4.78 is 11.5. The Balaban J connectivity index is 1.47. The van der Waals surface area contributed by atoms with Crippen LogP contribution >= 0.6 is 11.3 Å². The molecule has 23 heavy (non-hydrogen) atoms. The summed E-state index contributed by atoms with van der Waals surface area (Å²) in [4.78, 5) is 15.5. The van der Waals surface area contributed by atoms with E-state index in [0.29, 0.717) is 25.7 Å². The number of likely N-dealkylation sites (tertiary alicyclic amines) is 1. The highest BCUT2D eigenvalue weighted by molar-refractivity contribution is 7.10. The van der Waals surface area contributed by atoms with Crippen molar-refractivity contribution in [1.82, 2.24) is 10.2 Å². The van der Waals surface area contributed by atoms with Gasteiger partial charge in [0.2, 0.25) is 0 Å². The summed E-state index contributed by atoms with van der Waals surface area (Å²) in [7, 11) is 0. The average molecular weight is 338 g/mol. The van der Waals surface area contributed by atoms with E-state index < -0.39 is 5.79 Å².